The van der Waals surface area contributed by atoms with Crippen LogP contribution >= 0.6 is 22.9 Å². The molecule has 18 heteroatoms. The van der Waals surface area contributed by atoms with E-state index >= 15 is 0 Å². The number of anilines is 1. The van der Waals surface area contributed by atoms with Gasteiger partial charge in [0.15, 0.2) is 0 Å². The van der Waals surface area contributed by atoms with Gasteiger partial charge < -0.3 is 11.1 Å². The molecule has 1 unspecified atom stereocenters. The Labute approximate surface area is 235 Å². The zero-order valence-corrected chi connectivity index (χ0v) is 22.7. The van der Waals surface area contributed by atoms with Crippen molar-refractivity contribution in [2.75, 3.05) is 5.32 Å². The van der Waals surface area contributed by atoms with Gasteiger partial charge >= 0.3 is 6.18 Å². The number of nitrogens with one attached hydrogen (secondary N) is 1. The Balaban J connectivity index is 1.93. The number of primary amides is 1. The van der Waals surface area contributed by atoms with Gasteiger partial charge in [-0.05, 0) is 32.4 Å². The van der Waals surface area contributed by atoms with Crippen LogP contribution in [0, 0.1) is 6.92 Å². The van der Waals surface area contributed by atoms with Gasteiger partial charge in [0, 0.05) is 23.7 Å². The lowest BCUT2D eigenvalue weighted by atomic mass is 10.0. The van der Waals surface area contributed by atoms with Gasteiger partial charge in [-0.3, -0.25) is 14.3 Å². The lowest BCUT2D eigenvalue weighted by molar-refractivity contribution is -0.140. The third kappa shape index (κ3) is 5.47. The molecule has 2 amide bonds. The zero-order valence-electron chi connectivity index (χ0n) is 21.2. The second-order valence-corrected chi connectivity index (χ2v) is 10.1. The molecule has 41 heavy (non-hydrogen) atoms. The summed E-state index contributed by atoms with van der Waals surface area (Å²) in [6.45, 7) is 4.71. The molecule has 0 aliphatic heterocycles. The SMILES string of the molecule is CCn1cc(-c2cc(C(F)(F)F)nc3sc(C(N)=O)c(NC(=O)C(C)n4nc(C(F)F)c(Cl)c4C(F)F)c23)c(C)n1. The number of nitrogens with zero attached hydrogens (tertiary/aromatic N) is 5. The first-order chi connectivity index (χ1) is 19.1. The van der Waals surface area contributed by atoms with E-state index in [1.807, 2.05) is 0 Å². The Morgan fingerprint density at radius 1 is 1.15 bits per heavy atom. The number of hydrogen-bond acceptors (Lipinski definition) is 6. The fourth-order valence-corrected chi connectivity index (χ4v) is 5.40. The standard InChI is InChI=1S/C23H19ClF7N7O2S/c1-4-37-6-10(7(2)35-37)9-5-11(23(29,30)31)33-22-12(9)14(17(41-22)20(32)39)34-21(40)8(3)38-16(19(27)28)13(24)15(36-38)18(25)26/h5-6,8,18-19H,4H2,1-3H3,(H2,32,39)(H,34,40). The predicted molar refractivity (Wildman–Crippen MR) is 135 cm³/mol. The van der Waals surface area contributed by atoms with Crippen molar-refractivity contribution in [3.8, 4) is 11.1 Å². The van der Waals surface area contributed by atoms with E-state index in [2.05, 4.69) is 20.5 Å². The van der Waals surface area contributed by atoms with Crippen LogP contribution in [0.3, 0.4) is 0 Å². The minimum Gasteiger partial charge on any atom is -0.365 e. The molecule has 0 aliphatic rings. The highest BCUT2D eigenvalue weighted by molar-refractivity contribution is 7.21. The molecule has 0 aliphatic carbocycles. The van der Waals surface area contributed by atoms with Crippen molar-refractivity contribution in [2.45, 2.75) is 52.4 Å². The number of nitrogens with two attached hydrogens (primary N) is 1. The number of thiophene rings is 1. The smallest absolute Gasteiger partial charge is 0.365 e. The second-order valence-electron chi connectivity index (χ2n) is 8.68. The molecule has 4 rings (SSSR count). The molecule has 0 fully saturated rings. The van der Waals surface area contributed by atoms with Crippen molar-refractivity contribution < 1.29 is 40.3 Å². The topological polar surface area (TPSA) is 121 Å². The molecule has 1 atom stereocenters. The van der Waals surface area contributed by atoms with Crippen LogP contribution in [0.15, 0.2) is 12.3 Å². The molecule has 4 aromatic rings. The molecular weight excluding hydrogens is 607 g/mol. The van der Waals surface area contributed by atoms with Crippen molar-refractivity contribution in [3.05, 3.63) is 44.9 Å². The number of alkyl halides is 7. The summed E-state index contributed by atoms with van der Waals surface area (Å²) in [5.41, 5.74) is 1.96. The summed E-state index contributed by atoms with van der Waals surface area (Å²) in [5.74, 6) is -2.27. The molecule has 0 bridgehead atoms. The minimum absolute atomic E-state index is 0.0957. The van der Waals surface area contributed by atoms with Crippen LogP contribution in [0.1, 0.15) is 65.2 Å². The Morgan fingerprint density at radius 2 is 1.80 bits per heavy atom. The number of fused-ring (bicyclic) bond motifs is 1. The first kappa shape index (κ1) is 30.2. The number of amides is 2. The molecule has 4 aromatic heterocycles. The van der Waals surface area contributed by atoms with Gasteiger partial charge in [-0.25, -0.2) is 27.2 Å². The van der Waals surface area contributed by atoms with E-state index in [0.717, 1.165) is 13.0 Å². The monoisotopic (exact) mass is 625 g/mol. The highest BCUT2D eigenvalue weighted by Crippen LogP contribution is 2.45. The van der Waals surface area contributed by atoms with E-state index in [1.165, 1.54) is 17.8 Å². The van der Waals surface area contributed by atoms with Gasteiger partial charge in [-0.1, -0.05) is 11.6 Å². The van der Waals surface area contributed by atoms with Gasteiger partial charge in [-0.2, -0.15) is 23.4 Å². The van der Waals surface area contributed by atoms with Crippen molar-refractivity contribution >= 4 is 50.7 Å². The van der Waals surface area contributed by atoms with Crippen LogP contribution in [0.4, 0.5) is 36.4 Å². The summed E-state index contributed by atoms with van der Waals surface area (Å²) in [6.07, 6.45) is -10.1. The van der Waals surface area contributed by atoms with Crippen molar-refractivity contribution in [1.29, 1.82) is 0 Å². The maximum atomic E-state index is 13.8. The lowest BCUT2D eigenvalue weighted by Crippen LogP contribution is -2.27. The number of aromatic nitrogens is 5. The first-order valence-electron chi connectivity index (χ1n) is 11.6. The van der Waals surface area contributed by atoms with Crippen LogP contribution in [0.5, 0.6) is 0 Å². The Bertz CT molecular complexity index is 1660. The highest BCUT2D eigenvalue weighted by atomic mass is 35.5. The second kappa shape index (κ2) is 10.9. The number of halogens is 8. The molecular formula is C23H19ClF7N7O2S. The molecule has 220 valence electrons. The number of pyridine rings is 1. The van der Waals surface area contributed by atoms with Crippen molar-refractivity contribution in [2.24, 2.45) is 5.73 Å². The van der Waals surface area contributed by atoms with E-state index in [4.69, 9.17) is 17.3 Å². The molecule has 3 N–H and O–H groups in total. The third-order valence-corrected chi connectivity index (χ3v) is 7.54. The van der Waals surface area contributed by atoms with E-state index < -0.39 is 63.9 Å². The summed E-state index contributed by atoms with van der Waals surface area (Å²) in [4.78, 5) is 28.5. The van der Waals surface area contributed by atoms with E-state index in [9.17, 15) is 40.3 Å². The molecule has 0 spiro atoms. The van der Waals surface area contributed by atoms with Gasteiger partial charge in [0.25, 0.3) is 18.8 Å². The van der Waals surface area contributed by atoms with Crippen LogP contribution in [-0.4, -0.2) is 36.4 Å². The summed E-state index contributed by atoms with van der Waals surface area (Å²) in [5, 5.41) is 8.83. The minimum atomic E-state index is -4.89. The molecule has 4 heterocycles. The Morgan fingerprint density at radius 3 is 2.32 bits per heavy atom. The number of rotatable bonds is 8. The van der Waals surface area contributed by atoms with Crippen LogP contribution in [-0.2, 0) is 17.5 Å². The molecule has 0 radical (unpaired) electrons. The van der Waals surface area contributed by atoms with Crippen molar-refractivity contribution in [1.82, 2.24) is 24.5 Å². The van der Waals surface area contributed by atoms with Crippen molar-refractivity contribution in [3.63, 3.8) is 0 Å². The summed E-state index contributed by atoms with van der Waals surface area (Å²) in [6, 6.07) is -0.977. The van der Waals surface area contributed by atoms with Gasteiger partial charge in [0.2, 0.25) is 5.91 Å². The average molecular weight is 626 g/mol. The fraction of sp³-hybridized carbons (Fsp3) is 0.348. The normalized spacial score (nSPS) is 13.0. The molecule has 0 saturated carbocycles. The van der Waals surface area contributed by atoms with Gasteiger partial charge in [0.1, 0.15) is 32.8 Å². The Kier molecular flexibility index (Phi) is 8.05. The maximum Gasteiger partial charge on any atom is 0.433 e. The summed E-state index contributed by atoms with van der Waals surface area (Å²) < 4.78 is 97.1. The molecule has 0 saturated heterocycles. The third-order valence-electron chi connectivity index (χ3n) is 6.06. The summed E-state index contributed by atoms with van der Waals surface area (Å²) in [7, 11) is 0. The number of carbonyl (C=O) groups is 2. The van der Waals surface area contributed by atoms with Crippen LogP contribution in [0.2, 0.25) is 5.02 Å². The zero-order chi connectivity index (χ0) is 30.5. The quantitative estimate of drug-likeness (QED) is 0.216. The van der Waals surface area contributed by atoms with Gasteiger partial charge in [-0.15, -0.1) is 11.3 Å². The predicted octanol–water partition coefficient (Wildman–Crippen LogP) is 6.53. The van der Waals surface area contributed by atoms with E-state index in [0.29, 0.717) is 28.3 Å². The average Bonchev–Trinajstić information content (AvgIpc) is 3.55. The maximum absolute atomic E-state index is 13.8. The largest absolute Gasteiger partial charge is 0.433 e. The molecule has 0 aromatic carbocycles. The van der Waals surface area contributed by atoms with Crippen LogP contribution in [0.25, 0.3) is 21.3 Å². The number of hydrogen-bond donors (Lipinski definition) is 2. The fourth-order valence-electron chi connectivity index (χ4n) is 4.11. The Hall–Kier alpha value is -3.73. The van der Waals surface area contributed by atoms with Crippen LogP contribution < -0.4 is 11.1 Å². The first-order valence-corrected chi connectivity index (χ1v) is 12.8. The summed E-state index contributed by atoms with van der Waals surface area (Å²) >= 11 is 6.15. The molecule has 9 nitrogen and oxygen atoms in total. The number of carbonyl (C=O) groups excluding carboxylic acids is 2. The van der Waals surface area contributed by atoms with E-state index in [-0.39, 0.29) is 27.0 Å². The van der Waals surface area contributed by atoms with Gasteiger partial charge in [0.05, 0.1) is 16.4 Å². The highest BCUT2D eigenvalue weighted by Gasteiger charge is 2.36. The number of aryl methyl sites for hydroxylation is 2. The van der Waals surface area contributed by atoms with E-state index in [1.54, 1.807) is 6.92 Å². The lowest BCUT2D eigenvalue weighted by Gasteiger charge is -2.17.